The van der Waals surface area contributed by atoms with Gasteiger partial charge in [0.05, 0.1) is 29.7 Å². The summed E-state index contributed by atoms with van der Waals surface area (Å²) in [7, 11) is 0. The summed E-state index contributed by atoms with van der Waals surface area (Å²) >= 11 is 0. The Bertz CT molecular complexity index is 2390. The summed E-state index contributed by atoms with van der Waals surface area (Å²) in [6.07, 6.45) is -1.36. The number of nitrogen functional groups attached to an aromatic ring is 1. The third-order valence-electron chi connectivity index (χ3n) is 9.11. The lowest BCUT2D eigenvalue weighted by atomic mass is 9.95. The summed E-state index contributed by atoms with van der Waals surface area (Å²) in [6, 6.07) is 26.0. The van der Waals surface area contributed by atoms with Gasteiger partial charge in [-0.1, -0.05) is 42.5 Å². The molecule has 0 spiro atoms. The highest BCUT2D eigenvalue weighted by atomic mass is 16.5. The van der Waals surface area contributed by atoms with Gasteiger partial charge >= 0.3 is 5.97 Å². The number of Topliss-reactive ketones (excluding diaryl/α,β-unsaturated/α-hetero) is 3. The molecule has 0 fully saturated rings. The number of amides is 3. The van der Waals surface area contributed by atoms with Gasteiger partial charge in [-0.05, 0) is 91.7 Å². The molecule has 14 nitrogen and oxygen atoms in total. The van der Waals surface area contributed by atoms with Crippen LogP contribution in [-0.2, 0) is 28.9 Å². The summed E-state index contributed by atoms with van der Waals surface area (Å²) in [6.45, 7) is 3.46. The van der Waals surface area contributed by atoms with Gasteiger partial charge in [0.25, 0.3) is 11.8 Å². The normalized spacial score (nSPS) is 11.3. The number of nitrogens with one attached hydrogen (secondary N) is 2. The fourth-order valence-electron chi connectivity index (χ4n) is 6.03. The van der Waals surface area contributed by atoms with Gasteiger partial charge in [0.15, 0.2) is 28.8 Å². The average Bonchev–Trinajstić information content (AvgIpc) is 3.19. The van der Waals surface area contributed by atoms with Crippen molar-refractivity contribution in [3.8, 4) is 11.5 Å². The summed E-state index contributed by atoms with van der Waals surface area (Å²) in [5, 5.41) is 25.6. The minimum Gasteiger partial charge on any atom is -0.504 e. The molecule has 14 heteroatoms. The molecule has 0 unspecified atom stereocenters. The van der Waals surface area contributed by atoms with Crippen molar-refractivity contribution in [1.29, 1.82) is 0 Å². The van der Waals surface area contributed by atoms with E-state index in [2.05, 4.69) is 10.6 Å². The first kappa shape index (κ1) is 42.5. The zero-order valence-corrected chi connectivity index (χ0v) is 32.2. The van der Waals surface area contributed by atoms with Gasteiger partial charge in [0, 0.05) is 52.9 Å². The Balaban J connectivity index is 1.22. The van der Waals surface area contributed by atoms with E-state index in [-0.39, 0.29) is 59.0 Å². The Labute approximate surface area is 339 Å². The zero-order valence-electron chi connectivity index (χ0n) is 32.2. The summed E-state index contributed by atoms with van der Waals surface area (Å²) in [4.78, 5) is 88.6. The van der Waals surface area contributed by atoms with Crippen LogP contribution in [-0.4, -0.2) is 63.4 Å². The number of anilines is 2. The first-order valence-electron chi connectivity index (χ1n) is 18.5. The number of carbonyl (C=O) groups excluding carboxylic acids is 6. The highest BCUT2D eigenvalue weighted by Gasteiger charge is 2.25. The Morgan fingerprint density at radius 2 is 1.19 bits per heavy atom. The number of primary amides is 1. The first-order chi connectivity index (χ1) is 28.1. The molecule has 8 N–H and O–H groups in total. The Morgan fingerprint density at radius 1 is 0.644 bits per heavy atom. The molecule has 0 aliphatic heterocycles. The molecule has 0 aromatic heterocycles. The molecule has 1 atom stereocenters. The number of phenols is 1. The molecule has 5 aromatic carbocycles. The van der Waals surface area contributed by atoms with Crippen LogP contribution in [0.1, 0.15) is 88.7 Å². The lowest BCUT2D eigenvalue weighted by Gasteiger charge is -2.18. The summed E-state index contributed by atoms with van der Waals surface area (Å²) < 4.78 is 5.86. The number of aromatic hydroxyl groups is 1. The predicted octanol–water partition coefficient (Wildman–Crippen LogP) is 5.35. The van der Waals surface area contributed by atoms with Gasteiger partial charge in [-0.25, -0.2) is 4.79 Å². The maximum atomic E-state index is 13.4. The van der Waals surface area contributed by atoms with Crippen LogP contribution in [0.3, 0.4) is 0 Å². The van der Waals surface area contributed by atoms with E-state index in [1.54, 1.807) is 50.2 Å². The van der Waals surface area contributed by atoms with Crippen molar-refractivity contribution in [2.45, 2.75) is 51.7 Å². The SMILES string of the molecule is CC(C)Oc1c(CC(=O)c2ccc(CC(=O)[C@H](CC(N)=O)NC(=O)c3ccc(NC(=O)c4ccc(N)cc4)cc3)cc2)ccc(C(=O)Cc2ccc(C(=O)O)cc2)c1O. The molecule has 59 heavy (non-hydrogen) atoms. The fraction of sp³-hybridized carbons (Fsp3) is 0.178. The highest BCUT2D eigenvalue weighted by molar-refractivity contribution is 6.05. The highest BCUT2D eigenvalue weighted by Crippen LogP contribution is 2.36. The van der Waals surface area contributed by atoms with Gasteiger partial charge in [-0.3, -0.25) is 28.8 Å². The van der Waals surface area contributed by atoms with Gasteiger partial charge in [-0.15, -0.1) is 0 Å². The number of aromatic carboxylic acids is 1. The minimum atomic E-state index is -1.24. The number of rotatable bonds is 18. The second-order valence-corrected chi connectivity index (χ2v) is 14.0. The van der Waals surface area contributed by atoms with Crippen molar-refractivity contribution in [1.82, 2.24) is 5.32 Å². The molecule has 5 aromatic rings. The molecule has 0 aliphatic carbocycles. The molecule has 0 saturated carbocycles. The van der Waals surface area contributed by atoms with Crippen LogP contribution in [0.5, 0.6) is 11.5 Å². The quantitative estimate of drug-likeness (QED) is 0.0487. The van der Waals surface area contributed by atoms with E-state index in [9.17, 15) is 38.7 Å². The van der Waals surface area contributed by atoms with Crippen LogP contribution in [0.25, 0.3) is 0 Å². The molecular weight excluding hydrogens is 757 g/mol. The van der Waals surface area contributed by atoms with E-state index in [0.717, 1.165) is 0 Å². The Morgan fingerprint density at radius 3 is 1.76 bits per heavy atom. The number of phenolic OH excluding ortho intramolecular Hbond substituents is 1. The Kier molecular flexibility index (Phi) is 13.7. The number of ether oxygens (including phenoxy) is 1. The second kappa shape index (κ2) is 19.0. The van der Waals surface area contributed by atoms with Gasteiger partial charge in [0.2, 0.25) is 5.91 Å². The summed E-state index contributed by atoms with van der Waals surface area (Å²) in [5.41, 5.74) is 14.3. The minimum absolute atomic E-state index is 0.0118. The van der Waals surface area contributed by atoms with Gasteiger partial charge in [-0.2, -0.15) is 0 Å². The van der Waals surface area contributed by atoms with Gasteiger partial charge < -0.3 is 37.1 Å². The number of hydrogen-bond donors (Lipinski definition) is 6. The van der Waals surface area contributed by atoms with Crippen LogP contribution in [0, 0.1) is 0 Å². The van der Waals surface area contributed by atoms with E-state index in [1.807, 2.05) is 0 Å². The molecule has 0 heterocycles. The Hall–Kier alpha value is -7.61. The molecular formula is C45H42N4O10. The number of carboxylic acid groups (broad SMARTS) is 1. The van der Waals surface area contributed by atoms with Crippen LogP contribution >= 0.6 is 0 Å². The molecule has 0 saturated heterocycles. The number of hydrogen-bond acceptors (Lipinski definition) is 10. The standard InChI is InChI=1S/C45H42N4O10/c1-25(2)59-42-32(15-20-35(41(42)54)38(51)21-26-5-9-31(10-6-26)45(57)58)23-37(50)28-7-3-27(4-8-28)22-39(52)36(24-40(47)53)49-44(56)30-13-18-34(19-14-30)48-43(55)29-11-16-33(46)17-12-29/h3-20,25,36,54H,21-24,46H2,1-2H3,(H2,47,53)(H,48,55)(H,49,56)(H,57,58)/t36-/m0/s1. The van der Waals surface area contributed by atoms with E-state index >= 15 is 0 Å². The average molecular weight is 799 g/mol. The van der Waals surface area contributed by atoms with Crippen molar-refractivity contribution in [3.63, 3.8) is 0 Å². The van der Waals surface area contributed by atoms with Crippen LogP contribution in [0.2, 0.25) is 0 Å². The first-order valence-corrected chi connectivity index (χ1v) is 18.5. The van der Waals surface area contributed by atoms with Crippen molar-refractivity contribution in [2.24, 2.45) is 5.73 Å². The lowest BCUT2D eigenvalue weighted by Crippen LogP contribution is -2.44. The van der Waals surface area contributed by atoms with E-state index in [4.69, 9.17) is 21.3 Å². The lowest BCUT2D eigenvalue weighted by molar-refractivity contribution is -0.125. The number of benzene rings is 5. The van der Waals surface area contributed by atoms with Crippen molar-refractivity contribution in [3.05, 3.63) is 154 Å². The van der Waals surface area contributed by atoms with Crippen molar-refractivity contribution in [2.75, 3.05) is 11.1 Å². The topological polar surface area (TPSA) is 245 Å². The van der Waals surface area contributed by atoms with Crippen LogP contribution in [0.4, 0.5) is 11.4 Å². The van der Waals surface area contributed by atoms with Crippen LogP contribution in [0.15, 0.2) is 109 Å². The molecule has 0 aliphatic rings. The van der Waals surface area contributed by atoms with Crippen molar-refractivity contribution < 1.29 is 48.5 Å². The smallest absolute Gasteiger partial charge is 0.335 e. The van der Waals surface area contributed by atoms with Gasteiger partial charge in [0.1, 0.15) is 0 Å². The van der Waals surface area contributed by atoms with E-state index in [1.165, 1.54) is 72.8 Å². The van der Waals surface area contributed by atoms with E-state index < -0.39 is 53.7 Å². The fourth-order valence-corrected chi connectivity index (χ4v) is 6.03. The molecule has 3 amide bonds. The third kappa shape index (κ3) is 11.5. The van der Waals surface area contributed by atoms with Crippen molar-refractivity contribution >= 4 is 52.4 Å². The second-order valence-electron chi connectivity index (χ2n) is 14.0. The molecule has 0 bridgehead atoms. The maximum Gasteiger partial charge on any atom is 0.335 e. The number of carboxylic acids is 1. The van der Waals surface area contributed by atoms with Crippen LogP contribution < -0.4 is 26.8 Å². The number of nitrogens with two attached hydrogens (primary N) is 2. The summed E-state index contributed by atoms with van der Waals surface area (Å²) in [5.74, 6) is -4.63. The number of ketones is 3. The largest absolute Gasteiger partial charge is 0.504 e. The van der Waals surface area contributed by atoms with E-state index in [0.29, 0.717) is 33.6 Å². The molecule has 5 rings (SSSR count). The third-order valence-corrected chi connectivity index (χ3v) is 9.11. The maximum absolute atomic E-state index is 13.4. The predicted molar refractivity (Wildman–Crippen MR) is 219 cm³/mol. The molecule has 302 valence electrons. The number of carbonyl (C=O) groups is 7. The molecule has 0 radical (unpaired) electrons. The zero-order chi connectivity index (χ0) is 42.8. The monoisotopic (exact) mass is 798 g/mol.